The lowest BCUT2D eigenvalue weighted by molar-refractivity contribution is -0.00529. The molecule has 8 aliphatic rings. The largest absolute Gasteiger partial charge is 0.208 e. The first-order valence-corrected chi connectivity index (χ1v) is 19.4. The molecule has 13 rings (SSSR count). The highest BCUT2D eigenvalue weighted by atomic mass is 15.0. The van der Waals surface area contributed by atoms with Gasteiger partial charge in [0.1, 0.15) is 0 Å². The molecule has 0 unspecified atom stereocenters. The van der Waals surface area contributed by atoms with Crippen molar-refractivity contribution in [3.05, 3.63) is 102 Å². The standard InChI is InChI=1S/C46H44N4/c47-27-36-10-13-41(40-7-2-1-6-39(36)40)44-49-42(34-8-11-37(12-9-34)45-21-28-14-29(22-45)16-30(15-28)23-45)48-43(50-44)35-4-3-5-38(20-35)46-24-31-17-32(25-46)19-33(18-31)26-46/h1-13,20,28-33H,14-19,21-26H2. The van der Waals surface area contributed by atoms with Gasteiger partial charge in [0.2, 0.25) is 0 Å². The minimum Gasteiger partial charge on any atom is -0.208 e. The van der Waals surface area contributed by atoms with Crippen LogP contribution in [0.5, 0.6) is 0 Å². The van der Waals surface area contributed by atoms with Crippen LogP contribution in [0.15, 0.2) is 84.9 Å². The zero-order valence-corrected chi connectivity index (χ0v) is 28.8. The fourth-order valence-electron chi connectivity index (χ4n) is 13.2. The summed E-state index contributed by atoms with van der Waals surface area (Å²) in [4.78, 5) is 15.7. The molecule has 0 amide bonds. The van der Waals surface area contributed by atoms with Crippen LogP contribution in [0.4, 0.5) is 0 Å². The van der Waals surface area contributed by atoms with Gasteiger partial charge in [-0.2, -0.15) is 5.26 Å². The van der Waals surface area contributed by atoms with E-state index in [9.17, 15) is 5.26 Å². The highest BCUT2D eigenvalue weighted by Crippen LogP contribution is 2.62. The third-order valence-electron chi connectivity index (χ3n) is 14.5. The number of aromatic nitrogens is 3. The van der Waals surface area contributed by atoms with Crippen molar-refractivity contribution in [1.82, 2.24) is 15.0 Å². The Morgan fingerprint density at radius 2 is 1.00 bits per heavy atom. The summed E-state index contributed by atoms with van der Waals surface area (Å²) in [6.45, 7) is 0. The summed E-state index contributed by atoms with van der Waals surface area (Å²) in [6, 6.07) is 33.1. The Morgan fingerprint density at radius 1 is 0.480 bits per heavy atom. The Morgan fingerprint density at radius 3 is 1.58 bits per heavy atom. The quantitative estimate of drug-likeness (QED) is 0.190. The number of hydrogen-bond acceptors (Lipinski definition) is 4. The average molecular weight is 653 g/mol. The molecular formula is C46H44N4. The topological polar surface area (TPSA) is 62.5 Å². The summed E-state index contributed by atoms with van der Waals surface area (Å²) in [6.07, 6.45) is 16.8. The van der Waals surface area contributed by atoms with Crippen molar-refractivity contribution in [2.24, 2.45) is 35.5 Å². The van der Waals surface area contributed by atoms with E-state index in [4.69, 9.17) is 15.0 Å². The molecule has 1 aromatic heterocycles. The molecule has 248 valence electrons. The van der Waals surface area contributed by atoms with Gasteiger partial charge in [-0.25, -0.2) is 15.0 Å². The highest BCUT2D eigenvalue weighted by Gasteiger charge is 2.52. The van der Waals surface area contributed by atoms with Gasteiger partial charge in [0.15, 0.2) is 17.5 Å². The van der Waals surface area contributed by atoms with Crippen molar-refractivity contribution in [2.75, 3.05) is 0 Å². The van der Waals surface area contributed by atoms with Gasteiger partial charge >= 0.3 is 0 Å². The minimum absolute atomic E-state index is 0.305. The Hall–Kier alpha value is -4.36. The number of nitrogens with zero attached hydrogens (tertiary/aromatic N) is 4. The average Bonchev–Trinajstić information content (AvgIpc) is 3.13. The number of benzene rings is 4. The van der Waals surface area contributed by atoms with E-state index in [0.717, 1.165) is 74.6 Å². The first-order chi connectivity index (χ1) is 24.5. The molecule has 0 aliphatic heterocycles. The van der Waals surface area contributed by atoms with Crippen LogP contribution in [-0.4, -0.2) is 15.0 Å². The van der Waals surface area contributed by atoms with E-state index in [1.807, 2.05) is 30.3 Å². The Labute approximate surface area is 295 Å². The van der Waals surface area contributed by atoms with Gasteiger partial charge in [-0.3, -0.25) is 0 Å². The number of nitriles is 1. The Balaban J connectivity index is 1.03. The molecule has 0 saturated heterocycles. The highest BCUT2D eigenvalue weighted by molar-refractivity contribution is 5.98. The first kappa shape index (κ1) is 29.4. The van der Waals surface area contributed by atoms with Crippen molar-refractivity contribution in [2.45, 2.75) is 87.9 Å². The van der Waals surface area contributed by atoms with Gasteiger partial charge in [-0.15, -0.1) is 0 Å². The van der Waals surface area contributed by atoms with E-state index >= 15 is 0 Å². The van der Waals surface area contributed by atoms with Crippen LogP contribution in [0.3, 0.4) is 0 Å². The monoisotopic (exact) mass is 652 g/mol. The lowest BCUT2D eigenvalue weighted by Gasteiger charge is -2.57. The molecule has 1 heterocycles. The van der Waals surface area contributed by atoms with Crippen molar-refractivity contribution in [3.63, 3.8) is 0 Å². The van der Waals surface area contributed by atoms with Gasteiger partial charge in [-0.05, 0) is 158 Å². The van der Waals surface area contributed by atoms with Crippen LogP contribution in [-0.2, 0) is 10.8 Å². The Bertz CT molecular complexity index is 2140. The lowest BCUT2D eigenvalue weighted by atomic mass is 9.48. The van der Waals surface area contributed by atoms with Crippen molar-refractivity contribution in [3.8, 4) is 40.2 Å². The maximum Gasteiger partial charge on any atom is 0.164 e. The predicted octanol–water partition coefficient (Wildman–Crippen LogP) is 10.8. The molecule has 4 heteroatoms. The molecule has 0 atom stereocenters. The summed E-state index contributed by atoms with van der Waals surface area (Å²) in [7, 11) is 0. The van der Waals surface area contributed by atoms with E-state index in [1.165, 1.54) is 88.2 Å². The molecule has 5 aromatic rings. The van der Waals surface area contributed by atoms with Gasteiger partial charge in [-0.1, -0.05) is 66.7 Å². The van der Waals surface area contributed by atoms with Crippen LogP contribution >= 0.6 is 0 Å². The van der Waals surface area contributed by atoms with E-state index in [2.05, 4.69) is 60.7 Å². The summed E-state index contributed by atoms with van der Waals surface area (Å²) in [5.74, 6) is 7.56. The summed E-state index contributed by atoms with van der Waals surface area (Å²) in [5, 5.41) is 11.8. The van der Waals surface area contributed by atoms with Gasteiger partial charge < -0.3 is 0 Å². The lowest BCUT2D eigenvalue weighted by Crippen LogP contribution is -2.48. The summed E-state index contributed by atoms with van der Waals surface area (Å²) < 4.78 is 0. The van der Waals surface area contributed by atoms with E-state index < -0.39 is 0 Å². The summed E-state index contributed by atoms with van der Waals surface area (Å²) >= 11 is 0. The summed E-state index contributed by atoms with van der Waals surface area (Å²) in [5.41, 5.74) is 7.40. The normalized spacial score (nSPS) is 33.2. The van der Waals surface area contributed by atoms with Crippen LogP contribution in [0.1, 0.15) is 93.7 Å². The van der Waals surface area contributed by atoms with Gasteiger partial charge in [0.05, 0.1) is 11.6 Å². The zero-order valence-electron chi connectivity index (χ0n) is 28.8. The Kier molecular flexibility index (Phi) is 6.36. The zero-order chi connectivity index (χ0) is 33.0. The van der Waals surface area contributed by atoms with Crippen molar-refractivity contribution in [1.29, 1.82) is 5.26 Å². The van der Waals surface area contributed by atoms with Gasteiger partial charge in [0.25, 0.3) is 0 Å². The maximum atomic E-state index is 9.89. The fraction of sp³-hybridized carbons (Fsp3) is 0.435. The van der Waals surface area contributed by atoms with E-state index in [-0.39, 0.29) is 0 Å². The second-order valence-corrected chi connectivity index (χ2v) is 17.7. The van der Waals surface area contributed by atoms with Crippen LogP contribution in [0.2, 0.25) is 0 Å². The number of rotatable bonds is 5. The number of hydrogen-bond donors (Lipinski definition) is 0. The molecule has 50 heavy (non-hydrogen) atoms. The molecular weight excluding hydrogens is 609 g/mol. The van der Waals surface area contributed by atoms with Crippen LogP contribution in [0.25, 0.3) is 44.9 Å². The molecule has 8 aliphatic carbocycles. The third kappa shape index (κ3) is 4.58. The number of fused-ring (bicyclic) bond motifs is 1. The molecule has 8 bridgehead atoms. The SMILES string of the molecule is N#Cc1ccc(-c2nc(-c3ccc(C45CC6CC(CC(C6)C4)C5)cc3)nc(-c3cccc(C45CC6CC(CC(C6)C4)C5)c3)n2)c2ccccc12. The second kappa shape index (κ2) is 10.8. The third-order valence-corrected chi connectivity index (χ3v) is 14.5. The molecule has 8 fully saturated rings. The molecule has 0 radical (unpaired) electrons. The van der Waals surface area contributed by atoms with E-state index in [1.54, 1.807) is 0 Å². The molecule has 8 saturated carbocycles. The molecule has 0 N–H and O–H groups in total. The van der Waals surface area contributed by atoms with E-state index in [0.29, 0.717) is 22.2 Å². The van der Waals surface area contributed by atoms with Crippen molar-refractivity contribution < 1.29 is 0 Å². The molecule has 0 spiro atoms. The van der Waals surface area contributed by atoms with Crippen LogP contribution in [0, 0.1) is 46.8 Å². The smallest absolute Gasteiger partial charge is 0.164 e. The van der Waals surface area contributed by atoms with Crippen LogP contribution < -0.4 is 0 Å². The predicted molar refractivity (Wildman–Crippen MR) is 198 cm³/mol. The second-order valence-electron chi connectivity index (χ2n) is 17.7. The maximum absolute atomic E-state index is 9.89. The molecule has 4 aromatic carbocycles. The van der Waals surface area contributed by atoms with Crippen molar-refractivity contribution >= 4 is 10.8 Å². The molecule has 4 nitrogen and oxygen atoms in total. The minimum atomic E-state index is 0.305. The fourth-order valence-corrected chi connectivity index (χ4v) is 13.2. The van der Waals surface area contributed by atoms with Gasteiger partial charge in [0, 0.05) is 22.1 Å². The first-order valence-electron chi connectivity index (χ1n) is 19.4.